The largest absolute Gasteiger partial charge is 0.336 e. The molecule has 0 bridgehead atoms. The Morgan fingerprint density at radius 2 is 2.03 bits per heavy atom. The van der Waals surface area contributed by atoms with E-state index in [-0.39, 0.29) is 18.4 Å². The van der Waals surface area contributed by atoms with Crippen molar-refractivity contribution >= 4 is 28.8 Å². The molecule has 1 unspecified atom stereocenters. The van der Waals surface area contributed by atoms with Crippen LogP contribution >= 0.6 is 22.9 Å². The van der Waals surface area contributed by atoms with Gasteiger partial charge in [0.1, 0.15) is 0 Å². The predicted molar refractivity (Wildman–Crippen MR) is 117 cm³/mol. The zero-order valence-electron chi connectivity index (χ0n) is 16.4. The maximum absolute atomic E-state index is 12.9. The van der Waals surface area contributed by atoms with Gasteiger partial charge in [-0.15, -0.1) is 11.3 Å². The van der Waals surface area contributed by atoms with E-state index in [1.807, 2.05) is 60.5 Å². The van der Waals surface area contributed by atoms with Crippen LogP contribution in [0.25, 0.3) is 0 Å². The summed E-state index contributed by atoms with van der Waals surface area (Å²) in [5.41, 5.74) is 3.53. The Hall–Kier alpha value is -2.68. The number of amides is 1. The molecule has 0 saturated carbocycles. The Bertz CT molecular complexity index is 1020. The van der Waals surface area contributed by atoms with Gasteiger partial charge in [0, 0.05) is 23.4 Å². The van der Waals surface area contributed by atoms with Gasteiger partial charge in [0.2, 0.25) is 5.91 Å². The SMILES string of the molecule is CCN(C(=O)Cc1csc(Cc2cccc(Cl)c2)n1)C(C)c1ccc(C#N)cc1. The van der Waals surface area contributed by atoms with Gasteiger partial charge in [0.25, 0.3) is 0 Å². The lowest BCUT2D eigenvalue weighted by Crippen LogP contribution is -2.34. The van der Waals surface area contributed by atoms with Crippen LogP contribution in [0.1, 0.15) is 47.3 Å². The monoisotopic (exact) mass is 423 g/mol. The molecule has 1 heterocycles. The number of benzene rings is 2. The maximum Gasteiger partial charge on any atom is 0.229 e. The average Bonchev–Trinajstić information content (AvgIpc) is 3.15. The van der Waals surface area contributed by atoms with Crippen LogP contribution in [0.4, 0.5) is 0 Å². The number of likely N-dealkylation sites (N-methyl/N-ethyl adjacent to an activating group) is 1. The molecule has 1 amide bonds. The Labute approximate surface area is 180 Å². The summed E-state index contributed by atoms with van der Waals surface area (Å²) in [5.74, 6) is 0.0453. The van der Waals surface area contributed by atoms with Crippen molar-refractivity contribution in [2.75, 3.05) is 6.54 Å². The Balaban J connectivity index is 1.66. The fraction of sp³-hybridized carbons (Fsp3) is 0.261. The first-order valence-electron chi connectivity index (χ1n) is 9.47. The number of aromatic nitrogens is 1. The Morgan fingerprint density at radius 1 is 1.28 bits per heavy atom. The van der Waals surface area contributed by atoms with Gasteiger partial charge in [0.15, 0.2) is 0 Å². The molecule has 0 saturated heterocycles. The molecular formula is C23H22ClN3OS. The van der Waals surface area contributed by atoms with Crippen LogP contribution in [0.2, 0.25) is 5.02 Å². The number of halogens is 1. The normalized spacial score (nSPS) is 11.7. The van der Waals surface area contributed by atoms with Gasteiger partial charge in [-0.05, 0) is 49.2 Å². The lowest BCUT2D eigenvalue weighted by atomic mass is 10.0. The number of nitrogens with zero attached hydrogens (tertiary/aromatic N) is 3. The van der Waals surface area contributed by atoms with Crippen LogP contribution < -0.4 is 0 Å². The molecule has 0 radical (unpaired) electrons. The topological polar surface area (TPSA) is 57.0 Å². The first-order chi connectivity index (χ1) is 14.0. The van der Waals surface area contributed by atoms with Gasteiger partial charge in [-0.25, -0.2) is 4.98 Å². The molecule has 6 heteroatoms. The Kier molecular flexibility index (Phi) is 7.03. The number of hydrogen-bond acceptors (Lipinski definition) is 4. The third-order valence-corrected chi connectivity index (χ3v) is 5.96. The van der Waals surface area contributed by atoms with Crippen LogP contribution in [0.15, 0.2) is 53.9 Å². The first-order valence-corrected chi connectivity index (χ1v) is 10.7. The van der Waals surface area contributed by atoms with Crippen LogP contribution in [0.3, 0.4) is 0 Å². The summed E-state index contributed by atoms with van der Waals surface area (Å²) >= 11 is 7.61. The van der Waals surface area contributed by atoms with Crippen molar-refractivity contribution in [1.82, 2.24) is 9.88 Å². The van der Waals surface area contributed by atoms with Crippen molar-refractivity contribution in [1.29, 1.82) is 5.26 Å². The van der Waals surface area contributed by atoms with Crippen molar-refractivity contribution in [3.8, 4) is 6.07 Å². The van der Waals surface area contributed by atoms with Crippen LogP contribution in [-0.4, -0.2) is 22.3 Å². The highest BCUT2D eigenvalue weighted by Crippen LogP contribution is 2.23. The highest BCUT2D eigenvalue weighted by Gasteiger charge is 2.21. The van der Waals surface area contributed by atoms with Gasteiger partial charge in [-0.3, -0.25) is 4.79 Å². The van der Waals surface area contributed by atoms with Crippen molar-refractivity contribution in [2.45, 2.75) is 32.7 Å². The number of hydrogen-bond donors (Lipinski definition) is 0. The standard InChI is InChI=1S/C23H22ClN3OS/c1-3-27(16(2)19-9-7-17(14-25)8-10-19)23(28)13-21-15-29-22(26-21)12-18-5-4-6-20(24)11-18/h4-11,15-16H,3,12-13H2,1-2H3. The zero-order valence-corrected chi connectivity index (χ0v) is 18.0. The second-order valence-corrected chi connectivity index (χ2v) is 8.18. The van der Waals surface area contributed by atoms with Gasteiger partial charge in [0.05, 0.1) is 34.8 Å². The molecule has 148 valence electrons. The van der Waals surface area contributed by atoms with Gasteiger partial charge in [-0.2, -0.15) is 5.26 Å². The van der Waals surface area contributed by atoms with E-state index in [2.05, 4.69) is 11.1 Å². The van der Waals surface area contributed by atoms with Crippen molar-refractivity contribution in [3.63, 3.8) is 0 Å². The number of nitriles is 1. The minimum Gasteiger partial charge on any atom is -0.336 e. The molecule has 0 spiro atoms. The first kappa shape index (κ1) is 21.0. The second-order valence-electron chi connectivity index (χ2n) is 6.81. The van der Waals surface area contributed by atoms with Gasteiger partial charge in [-0.1, -0.05) is 35.9 Å². The molecule has 0 N–H and O–H groups in total. The van der Waals surface area contributed by atoms with Crippen molar-refractivity contribution in [2.24, 2.45) is 0 Å². The molecule has 1 aromatic heterocycles. The third-order valence-electron chi connectivity index (χ3n) is 4.83. The summed E-state index contributed by atoms with van der Waals surface area (Å²) in [6.45, 7) is 4.59. The fourth-order valence-corrected chi connectivity index (χ4v) is 4.31. The summed E-state index contributed by atoms with van der Waals surface area (Å²) in [6.07, 6.45) is 0.985. The lowest BCUT2D eigenvalue weighted by molar-refractivity contribution is -0.132. The molecule has 3 aromatic rings. The van der Waals surface area contributed by atoms with Crippen LogP contribution in [-0.2, 0) is 17.6 Å². The van der Waals surface area contributed by atoms with Crippen molar-refractivity contribution in [3.05, 3.63) is 86.3 Å². The van der Waals surface area contributed by atoms with E-state index >= 15 is 0 Å². The minimum absolute atomic E-state index is 0.0453. The summed E-state index contributed by atoms with van der Waals surface area (Å²) < 4.78 is 0. The van der Waals surface area contributed by atoms with E-state index in [4.69, 9.17) is 16.9 Å². The molecule has 29 heavy (non-hydrogen) atoms. The van der Waals surface area contributed by atoms with E-state index in [0.29, 0.717) is 23.6 Å². The van der Waals surface area contributed by atoms with E-state index in [1.165, 1.54) is 0 Å². The summed E-state index contributed by atoms with van der Waals surface area (Å²) in [7, 11) is 0. The number of rotatable bonds is 7. The maximum atomic E-state index is 12.9. The van der Waals surface area contributed by atoms with E-state index in [9.17, 15) is 4.79 Å². The van der Waals surface area contributed by atoms with E-state index in [1.54, 1.807) is 23.5 Å². The quantitative estimate of drug-likeness (QED) is 0.510. The van der Waals surface area contributed by atoms with E-state index < -0.39 is 0 Å². The van der Waals surface area contributed by atoms with Gasteiger partial charge < -0.3 is 4.90 Å². The molecule has 2 aromatic carbocycles. The van der Waals surface area contributed by atoms with Crippen molar-refractivity contribution < 1.29 is 4.79 Å². The molecule has 1 atom stereocenters. The molecular weight excluding hydrogens is 402 g/mol. The zero-order chi connectivity index (χ0) is 20.8. The Morgan fingerprint density at radius 3 is 2.69 bits per heavy atom. The highest BCUT2D eigenvalue weighted by molar-refractivity contribution is 7.09. The fourth-order valence-electron chi connectivity index (χ4n) is 3.27. The van der Waals surface area contributed by atoms with E-state index in [0.717, 1.165) is 21.8 Å². The summed E-state index contributed by atoms with van der Waals surface area (Å²) in [5, 5.41) is 12.6. The number of carbonyl (C=O) groups excluding carboxylic acids is 1. The second kappa shape index (κ2) is 9.69. The number of thiazole rings is 1. The molecule has 0 fully saturated rings. The molecule has 3 rings (SSSR count). The number of carbonyl (C=O) groups is 1. The third kappa shape index (κ3) is 5.44. The predicted octanol–water partition coefficient (Wildman–Crippen LogP) is 5.41. The average molecular weight is 424 g/mol. The van der Waals surface area contributed by atoms with Gasteiger partial charge >= 0.3 is 0 Å². The molecule has 0 aliphatic heterocycles. The minimum atomic E-state index is -0.0650. The lowest BCUT2D eigenvalue weighted by Gasteiger charge is -2.28. The van der Waals surface area contributed by atoms with Crippen LogP contribution in [0.5, 0.6) is 0 Å². The smallest absolute Gasteiger partial charge is 0.229 e. The summed E-state index contributed by atoms with van der Waals surface area (Å²) in [6, 6.07) is 17.2. The highest BCUT2D eigenvalue weighted by atomic mass is 35.5. The van der Waals surface area contributed by atoms with Crippen LogP contribution in [0, 0.1) is 11.3 Å². The molecule has 4 nitrogen and oxygen atoms in total. The molecule has 0 aliphatic rings. The molecule has 0 aliphatic carbocycles. The summed E-state index contributed by atoms with van der Waals surface area (Å²) in [4.78, 5) is 19.4.